The smallest absolute Gasteiger partial charge is 0.361 e. The van der Waals surface area contributed by atoms with Crippen LogP contribution in [-0.4, -0.2) is 42.0 Å². The summed E-state index contributed by atoms with van der Waals surface area (Å²) in [6.45, 7) is 6.97. The van der Waals surface area contributed by atoms with Crippen molar-refractivity contribution in [1.29, 1.82) is 0 Å². The van der Waals surface area contributed by atoms with Crippen LogP contribution in [0.5, 0.6) is 0 Å². The molecular weight excluding hydrogens is 451 g/mol. The minimum atomic E-state index is -4.31. The van der Waals surface area contributed by atoms with Crippen LogP contribution in [0, 0.1) is 0 Å². The number of rotatable bonds is 9. The van der Waals surface area contributed by atoms with Crippen molar-refractivity contribution >= 4 is 28.6 Å². The van der Waals surface area contributed by atoms with Gasteiger partial charge in [-0.05, 0) is 81.0 Å². The molecule has 0 saturated heterocycles. The number of aryl methyl sites for hydroxylation is 1. The lowest BCUT2D eigenvalue weighted by Crippen LogP contribution is -2.34. The molecule has 0 atom stereocenters. The van der Waals surface area contributed by atoms with E-state index in [0.29, 0.717) is 19.0 Å². The van der Waals surface area contributed by atoms with Gasteiger partial charge in [-0.25, -0.2) is 0 Å². The molecule has 7 heteroatoms. The highest BCUT2D eigenvalue weighted by Crippen LogP contribution is 2.32. The van der Waals surface area contributed by atoms with Gasteiger partial charge in [0.25, 0.3) is 0 Å². The van der Waals surface area contributed by atoms with Gasteiger partial charge in [0.15, 0.2) is 0 Å². The third kappa shape index (κ3) is 5.96. The Kier molecular flexibility index (Phi) is 7.65. The first-order valence-electron chi connectivity index (χ1n) is 12.2. The lowest BCUT2D eigenvalue weighted by Gasteiger charge is -2.29. The normalized spacial score (nSPS) is 15.0. The fourth-order valence-electron chi connectivity index (χ4n) is 4.67. The molecule has 1 N–H and O–H groups in total. The first kappa shape index (κ1) is 25.0. The van der Waals surface area contributed by atoms with Gasteiger partial charge >= 0.3 is 6.18 Å². The summed E-state index contributed by atoms with van der Waals surface area (Å²) < 4.78 is 38.2. The van der Waals surface area contributed by atoms with Gasteiger partial charge in [-0.15, -0.1) is 0 Å². The quantitative estimate of drug-likeness (QED) is 0.273. The number of unbranched alkanes of at least 4 members (excludes halogenated alkanes) is 1. The van der Waals surface area contributed by atoms with Crippen LogP contribution in [0.3, 0.4) is 0 Å². The fraction of sp³-hybridized carbons (Fsp3) is 0.393. The highest BCUT2D eigenvalue weighted by atomic mass is 19.4. The standard InChI is InChI=1S/C28H32F3N3O/c1-20(2)33-15-12-22(13-16-33)26-18-32-27-11-10-24(17-25(26)27)34(19-35)14-4-3-5-21-6-8-23(9-7-21)28(29,30)31/h6-12,17-20,32H,3-5,13-16H2,1-2H3. The molecule has 0 radical (unpaired) electrons. The van der Waals surface area contributed by atoms with E-state index in [1.165, 1.54) is 23.3 Å². The molecule has 0 unspecified atom stereocenters. The van der Waals surface area contributed by atoms with Crippen LogP contribution in [0.25, 0.3) is 16.5 Å². The molecule has 0 saturated carbocycles. The van der Waals surface area contributed by atoms with Gasteiger partial charge in [0.05, 0.1) is 5.56 Å². The van der Waals surface area contributed by atoms with Gasteiger partial charge in [0, 0.05) is 54.0 Å². The van der Waals surface area contributed by atoms with E-state index in [-0.39, 0.29) is 0 Å². The lowest BCUT2D eigenvalue weighted by molar-refractivity contribution is -0.137. The minimum absolute atomic E-state index is 0.530. The second kappa shape index (κ2) is 10.7. The van der Waals surface area contributed by atoms with Crippen LogP contribution in [0.1, 0.15) is 49.8 Å². The summed E-state index contributed by atoms with van der Waals surface area (Å²) in [5.74, 6) is 0. The second-order valence-electron chi connectivity index (χ2n) is 9.45. The number of aromatic amines is 1. The van der Waals surface area contributed by atoms with Crippen molar-refractivity contribution in [2.45, 2.75) is 51.7 Å². The number of nitrogens with zero attached hydrogens (tertiary/aromatic N) is 2. The average molecular weight is 484 g/mol. The molecule has 0 spiro atoms. The summed E-state index contributed by atoms with van der Waals surface area (Å²) in [6, 6.07) is 11.9. The predicted molar refractivity (Wildman–Crippen MR) is 135 cm³/mol. The molecule has 3 aromatic rings. The molecule has 0 aliphatic carbocycles. The highest BCUT2D eigenvalue weighted by Gasteiger charge is 2.29. The highest BCUT2D eigenvalue weighted by molar-refractivity contribution is 5.96. The summed E-state index contributed by atoms with van der Waals surface area (Å²) in [4.78, 5) is 19.4. The molecule has 2 aromatic carbocycles. The van der Waals surface area contributed by atoms with Crippen LogP contribution in [0.4, 0.5) is 18.9 Å². The number of halogens is 3. The number of hydrogen-bond acceptors (Lipinski definition) is 2. The van der Waals surface area contributed by atoms with Crippen molar-refractivity contribution in [2.24, 2.45) is 0 Å². The van der Waals surface area contributed by atoms with Crippen LogP contribution in [0.15, 0.2) is 54.7 Å². The monoisotopic (exact) mass is 483 g/mol. The van der Waals surface area contributed by atoms with Crippen LogP contribution in [-0.2, 0) is 17.4 Å². The Labute approximate surface area is 204 Å². The number of fused-ring (bicyclic) bond motifs is 1. The Morgan fingerprint density at radius 2 is 1.89 bits per heavy atom. The Bertz CT molecular complexity index is 1180. The van der Waals surface area contributed by atoms with Gasteiger partial charge < -0.3 is 9.88 Å². The van der Waals surface area contributed by atoms with Crippen molar-refractivity contribution in [3.8, 4) is 0 Å². The van der Waals surface area contributed by atoms with Crippen molar-refractivity contribution < 1.29 is 18.0 Å². The van der Waals surface area contributed by atoms with E-state index in [0.717, 1.165) is 73.0 Å². The van der Waals surface area contributed by atoms with Gasteiger partial charge in [-0.1, -0.05) is 18.2 Å². The van der Waals surface area contributed by atoms with Gasteiger partial charge in [-0.3, -0.25) is 9.69 Å². The Morgan fingerprint density at radius 3 is 2.51 bits per heavy atom. The van der Waals surface area contributed by atoms with E-state index in [1.54, 1.807) is 4.90 Å². The number of nitrogens with one attached hydrogen (secondary N) is 1. The van der Waals surface area contributed by atoms with E-state index in [9.17, 15) is 18.0 Å². The Hall–Kier alpha value is -3.06. The maximum atomic E-state index is 12.7. The number of benzene rings is 2. The summed E-state index contributed by atoms with van der Waals surface area (Å²) in [6.07, 6.45) is 4.11. The van der Waals surface area contributed by atoms with Crippen molar-refractivity contribution in [3.05, 3.63) is 71.4 Å². The maximum Gasteiger partial charge on any atom is 0.416 e. The zero-order valence-electron chi connectivity index (χ0n) is 20.2. The van der Waals surface area contributed by atoms with Gasteiger partial charge in [0.2, 0.25) is 6.41 Å². The Balaban J connectivity index is 1.39. The molecule has 0 bridgehead atoms. The fourth-order valence-corrected chi connectivity index (χ4v) is 4.67. The molecule has 35 heavy (non-hydrogen) atoms. The van der Waals surface area contributed by atoms with E-state index < -0.39 is 11.7 Å². The number of aromatic nitrogens is 1. The number of amides is 1. The first-order valence-corrected chi connectivity index (χ1v) is 12.2. The van der Waals surface area contributed by atoms with E-state index in [1.807, 2.05) is 12.1 Å². The molecule has 186 valence electrons. The molecule has 1 amide bonds. The summed E-state index contributed by atoms with van der Waals surface area (Å²) in [5, 5.41) is 1.11. The summed E-state index contributed by atoms with van der Waals surface area (Å²) >= 11 is 0. The maximum absolute atomic E-state index is 12.7. The molecule has 1 aliphatic heterocycles. The Morgan fingerprint density at radius 1 is 1.11 bits per heavy atom. The zero-order valence-corrected chi connectivity index (χ0v) is 20.2. The minimum Gasteiger partial charge on any atom is -0.361 e. The van der Waals surface area contributed by atoms with E-state index in [2.05, 4.69) is 42.1 Å². The number of carbonyl (C=O) groups is 1. The second-order valence-corrected chi connectivity index (χ2v) is 9.45. The molecule has 4 nitrogen and oxygen atoms in total. The van der Waals surface area contributed by atoms with Crippen LogP contribution in [0.2, 0.25) is 0 Å². The van der Waals surface area contributed by atoms with Crippen LogP contribution >= 0.6 is 0 Å². The largest absolute Gasteiger partial charge is 0.416 e. The summed E-state index contributed by atoms with van der Waals surface area (Å²) in [5.41, 5.74) is 4.66. The lowest BCUT2D eigenvalue weighted by atomic mass is 9.98. The molecule has 0 fully saturated rings. The molecule has 1 aliphatic rings. The number of carbonyl (C=O) groups excluding carboxylic acids is 1. The molecular formula is C28H32F3N3O. The number of alkyl halides is 3. The summed E-state index contributed by atoms with van der Waals surface area (Å²) in [7, 11) is 0. The first-order chi connectivity index (χ1) is 16.8. The van der Waals surface area contributed by atoms with Gasteiger partial charge in [0.1, 0.15) is 0 Å². The topological polar surface area (TPSA) is 39.3 Å². The molecule has 1 aromatic heterocycles. The van der Waals surface area contributed by atoms with Crippen LogP contribution < -0.4 is 4.90 Å². The van der Waals surface area contributed by atoms with E-state index >= 15 is 0 Å². The third-order valence-electron chi connectivity index (χ3n) is 6.84. The number of H-pyrrole nitrogens is 1. The van der Waals surface area contributed by atoms with Crippen molar-refractivity contribution in [2.75, 3.05) is 24.5 Å². The predicted octanol–water partition coefficient (Wildman–Crippen LogP) is 6.67. The molecule has 4 rings (SSSR count). The van der Waals surface area contributed by atoms with Gasteiger partial charge in [-0.2, -0.15) is 13.2 Å². The van der Waals surface area contributed by atoms with Crippen molar-refractivity contribution in [3.63, 3.8) is 0 Å². The average Bonchev–Trinajstić information content (AvgIpc) is 3.27. The SMILES string of the molecule is CC(C)N1CC=C(c2c[nH]c3ccc(N(C=O)CCCCc4ccc(C(F)(F)F)cc4)cc23)CC1. The zero-order chi connectivity index (χ0) is 25.0. The third-order valence-corrected chi connectivity index (χ3v) is 6.84. The molecule has 2 heterocycles. The number of anilines is 1. The number of hydrogen-bond donors (Lipinski definition) is 1. The van der Waals surface area contributed by atoms with Crippen molar-refractivity contribution in [1.82, 2.24) is 9.88 Å². The van der Waals surface area contributed by atoms with E-state index in [4.69, 9.17) is 0 Å².